The summed E-state index contributed by atoms with van der Waals surface area (Å²) in [4.78, 5) is 27.4. The lowest BCUT2D eigenvalue weighted by Gasteiger charge is -2.31. The Balaban J connectivity index is 2.18. The molecule has 2 rings (SSSR count). The SMILES string of the molecule is COc1cc(OC)cc(OCC(=O)N(Cc2ccccc2)[C@@H](C)C(=O)NC(C)(C)C)c1. The summed E-state index contributed by atoms with van der Waals surface area (Å²) in [6, 6.07) is 13.9. The maximum Gasteiger partial charge on any atom is 0.261 e. The van der Waals surface area contributed by atoms with E-state index >= 15 is 0 Å². The van der Waals surface area contributed by atoms with E-state index in [1.165, 1.54) is 4.90 Å². The fourth-order valence-electron chi connectivity index (χ4n) is 2.93. The minimum Gasteiger partial charge on any atom is -0.496 e. The van der Waals surface area contributed by atoms with E-state index in [2.05, 4.69) is 5.32 Å². The summed E-state index contributed by atoms with van der Waals surface area (Å²) in [7, 11) is 3.08. The Hall–Kier alpha value is -3.22. The highest BCUT2D eigenvalue weighted by Gasteiger charge is 2.28. The number of nitrogens with zero attached hydrogens (tertiary/aromatic N) is 1. The van der Waals surface area contributed by atoms with Gasteiger partial charge >= 0.3 is 0 Å². The molecule has 0 bridgehead atoms. The van der Waals surface area contributed by atoms with Crippen molar-refractivity contribution >= 4 is 11.8 Å². The van der Waals surface area contributed by atoms with Gasteiger partial charge in [0.05, 0.1) is 14.2 Å². The van der Waals surface area contributed by atoms with Gasteiger partial charge in [-0.2, -0.15) is 0 Å². The summed E-state index contributed by atoms with van der Waals surface area (Å²) < 4.78 is 16.2. The second-order valence-electron chi connectivity index (χ2n) is 8.26. The predicted molar refractivity (Wildman–Crippen MR) is 119 cm³/mol. The van der Waals surface area contributed by atoms with Gasteiger partial charge in [0.2, 0.25) is 5.91 Å². The van der Waals surface area contributed by atoms with E-state index in [0.717, 1.165) is 5.56 Å². The van der Waals surface area contributed by atoms with Crippen LogP contribution in [-0.2, 0) is 16.1 Å². The molecule has 168 valence electrons. The molecule has 2 aromatic rings. The van der Waals surface area contributed by atoms with Gasteiger partial charge in [0, 0.05) is 30.3 Å². The molecule has 0 heterocycles. The fourth-order valence-corrected chi connectivity index (χ4v) is 2.93. The molecule has 1 atom stereocenters. The molecule has 0 aliphatic carbocycles. The molecule has 0 radical (unpaired) electrons. The number of benzene rings is 2. The van der Waals surface area contributed by atoms with Crippen molar-refractivity contribution in [1.29, 1.82) is 0 Å². The molecular weight excluding hydrogens is 396 g/mol. The van der Waals surface area contributed by atoms with Crippen LogP contribution in [0, 0.1) is 0 Å². The van der Waals surface area contributed by atoms with E-state index in [9.17, 15) is 9.59 Å². The topological polar surface area (TPSA) is 77.1 Å². The van der Waals surface area contributed by atoms with Gasteiger partial charge in [-0.3, -0.25) is 9.59 Å². The monoisotopic (exact) mass is 428 g/mol. The largest absolute Gasteiger partial charge is 0.496 e. The standard InChI is InChI=1S/C24H32N2O5/c1-17(23(28)25-24(2,3)4)26(15-18-10-8-7-9-11-18)22(27)16-31-21-13-19(29-5)12-20(14-21)30-6/h7-14,17H,15-16H2,1-6H3,(H,25,28)/t17-/m0/s1. The van der Waals surface area contributed by atoms with Crippen molar-refractivity contribution in [2.24, 2.45) is 0 Å². The van der Waals surface area contributed by atoms with Crippen LogP contribution in [0.4, 0.5) is 0 Å². The first kappa shape index (κ1) is 24.1. The van der Waals surface area contributed by atoms with Crippen molar-refractivity contribution in [3.05, 3.63) is 54.1 Å². The maximum absolute atomic E-state index is 13.1. The lowest BCUT2D eigenvalue weighted by molar-refractivity contribution is -0.142. The number of hydrogen-bond acceptors (Lipinski definition) is 5. The van der Waals surface area contributed by atoms with Crippen molar-refractivity contribution in [2.75, 3.05) is 20.8 Å². The zero-order valence-electron chi connectivity index (χ0n) is 19.1. The number of hydrogen-bond donors (Lipinski definition) is 1. The van der Waals surface area contributed by atoms with Crippen LogP contribution in [0.5, 0.6) is 17.2 Å². The normalized spacial score (nSPS) is 11.9. The van der Waals surface area contributed by atoms with Gasteiger partial charge < -0.3 is 24.4 Å². The molecule has 2 amide bonds. The minimum atomic E-state index is -0.671. The second-order valence-corrected chi connectivity index (χ2v) is 8.26. The van der Waals surface area contributed by atoms with Gasteiger partial charge in [-0.1, -0.05) is 30.3 Å². The Morgan fingerprint density at radius 1 is 0.968 bits per heavy atom. The van der Waals surface area contributed by atoms with Gasteiger partial charge in [0.1, 0.15) is 23.3 Å². The molecule has 7 heteroatoms. The van der Waals surface area contributed by atoms with Crippen LogP contribution in [0.15, 0.2) is 48.5 Å². The van der Waals surface area contributed by atoms with E-state index < -0.39 is 11.6 Å². The molecule has 7 nitrogen and oxygen atoms in total. The number of ether oxygens (including phenoxy) is 3. The van der Waals surface area contributed by atoms with Gasteiger partial charge in [0.25, 0.3) is 5.91 Å². The van der Waals surface area contributed by atoms with Crippen LogP contribution in [0.2, 0.25) is 0 Å². The summed E-state index contributed by atoms with van der Waals surface area (Å²) >= 11 is 0. The molecule has 0 spiro atoms. The smallest absolute Gasteiger partial charge is 0.261 e. The van der Waals surface area contributed by atoms with Crippen LogP contribution in [0.1, 0.15) is 33.3 Å². The first-order valence-corrected chi connectivity index (χ1v) is 10.1. The second kappa shape index (κ2) is 10.7. The molecule has 1 N–H and O–H groups in total. The number of nitrogens with one attached hydrogen (secondary N) is 1. The number of carbonyl (C=O) groups excluding carboxylic acids is 2. The average molecular weight is 429 g/mol. The van der Waals surface area contributed by atoms with Crippen molar-refractivity contribution in [3.63, 3.8) is 0 Å². The highest BCUT2D eigenvalue weighted by molar-refractivity contribution is 5.88. The van der Waals surface area contributed by atoms with Gasteiger partial charge in [-0.05, 0) is 33.3 Å². The molecule has 0 aromatic heterocycles. The van der Waals surface area contributed by atoms with E-state index in [4.69, 9.17) is 14.2 Å². The summed E-state index contributed by atoms with van der Waals surface area (Å²) in [5.41, 5.74) is 0.523. The van der Waals surface area contributed by atoms with Crippen molar-refractivity contribution in [2.45, 2.75) is 45.8 Å². The molecule has 31 heavy (non-hydrogen) atoms. The van der Waals surface area contributed by atoms with Gasteiger partial charge in [-0.25, -0.2) is 0 Å². The van der Waals surface area contributed by atoms with Crippen LogP contribution in [0.25, 0.3) is 0 Å². The highest BCUT2D eigenvalue weighted by atomic mass is 16.5. The Bertz CT molecular complexity index is 855. The molecule has 0 unspecified atom stereocenters. The van der Waals surface area contributed by atoms with Crippen LogP contribution in [0.3, 0.4) is 0 Å². The third kappa shape index (κ3) is 7.51. The lowest BCUT2D eigenvalue weighted by atomic mass is 10.1. The first-order chi connectivity index (χ1) is 14.6. The van der Waals surface area contributed by atoms with Crippen LogP contribution < -0.4 is 19.5 Å². The van der Waals surface area contributed by atoms with Crippen molar-refractivity contribution < 1.29 is 23.8 Å². The predicted octanol–water partition coefficient (Wildman–Crippen LogP) is 3.41. The van der Waals surface area contributed by atoms with Crippen molar-refractivity contribution in [3.8, 4) is 17.2 Å². The Morgan fingerprint density at radius 3 is 2.03 bits per heavy atom. The number of methoxy groups -OCH3 is 2. The zero-order valence-corrected chi connectivity index (χ0v) is 19.1. The molecule has 2 aromatic carbocycles. The van der Waals surface area contributed by atoms with E-state index in [-0.39, 0.29) is 18.4 Å². The molecule has 0 fully saturated rings. The van der Waals surface area contributed by atoms with Crippen LogP contribution >= 0.6 is 0 Å². The molecule has 0 saturated carbocycles. The third-order valence-corrected chi connectivity index (χ3v) is 4.55. The number of rotatable bonds is 9. The highest BCUT2D eigenvalue weighted by Crippen LogP contribution is 2.27. The number of carbonyl (C=O) groups is 2. The molecular formula is C24H32N2O5. The Labute approximate surface area is 184 Å². The number of amides is 2. The maximum atomic E-state index is 13.1. The zero-order chi connectivity index (χ0) is 23.0. The summed E-state index contributed by atoms with van der Waals surface area (Å²) in [6.07, 6.45) is 0. The molecule has 0 aliphatic rings. The Kier molecular flexibility index (Phi) is 8.30. The summed E-state index contributed by atoms with van der Waals surface area (Å²) in [5.74, 6) is 1.03. The van der Waals surface area contributed by atoms with Crippen molar-refractivity contribution in [1.82, 2.24) is 10.2 Å². The van der Waals surface area contributed by atoms with E-state index in [1.807, 2.05) is 51.1 Å². The van der Waals surface area contributed by atoms with E-state index in [0.29, 0.717) is 23.8 Å². The van der Waals surface area contributed by atoms with E-state index in [1.54, 1.807) is 39.3 Å². The van der Waals surface area contributed by atoms with Crippen LogP contribution in [-0.4, -0.2) is 49.1 Å². The lowest BCUT2D eigenvalue weighted by Crippen LogP contribution is -2.53. The fraction of sp³-hybridized carbons (Fsp3) is 0.417. The first-order valence-electron chi connectivity index (χ1n) is 10.1. The Morgan fingerprint density at radius 2 is 1.52 bits per heavy atom. The van der Waals surface area contributed by atoms with Gasteiger partial charge in [-0.15, -0.1) is 0 Å². The summed E-state index contributed by atoms with van der Waals surface area (Å²) in [5, 5.41) is 2.94. The minimum absolute atomic E-state index is 0.222. The molecule has 0 aliphatic heterocycles. The third-order valence-electron chi connectivity index (χ3n) is 4.55. The quantitative estimate of drug-likeness (QED) is 0.662. The summed E-state index contributed by atoms with van der Waals surface area (Å²) in [6.45, 7) is 7.50. The van der Waals surface area contributed by atoms with Gasteiger partial charge in [0.15, 0.2) is 6.61 Å². The molecule has 0 saturated heterocycles. The average Bonchev–Trinajstić information content (AvgIpc) is 2.74.